The van der Waals surface area contributed by atoms with E-state index in [9.17, 15) is 22.7 Å². The number of thiazole rings is 1. The molecule has 0 aliphatic heterocycles. The number of carboxylic acids is 1. The Labute approximate surface area is 181 Å². The number of nitrogens with one attached hydrogen (secondary N) is 1. The quantitative estimate of drug-likeness (QED) is 0.422. The van der Waals surface area contributed by atoms with Crippen molar-refractivity contribution in [2.75, 3.05) is 4.72 Å². The summed E-state index contributed by atoms with van der Waals surface area (Å²) in [4.78, 5) is 15.8. The zero-order valence-corrected chi connectivity index (χ0v) is 17.5. The van der Waals surface area contributed by atoms with Crippen molar-refractivity contribution in [2.24, 2.45) is 0 Å². The van der Waals surface area contributed by atoms with Crippen LogP contribution in [0.15, 0.2) is 83.2 Å². The van der Waals surface area contributed by atoms with E-state index in [1.165, 1.54) is 47.8 Å². The van der Waals surface area contributed by atoms with Crippen molar-refractivity contribution in [3.63, 3.8) is 0 Å². The first kappa shape index (κ1) is 20.7. The molecule has 0 fully saturated rings. The summed E-state index contributed by atoms with van der Waals surface area (Å²) in [5, 5.41) is 11.1. The predicted octanol–water partition coefficient (Wildman–Crippen LogP) is 5.12. The number of nitrogens with zero attached hydrogens (tertiary/aromatic N) is 1. The van der Waals surface area contributed by atoms with E-state index >= 15 is 0 Å². The summed E-state index contributed by atoms with van der Waals surface area (Å²) < 4.78 is 41.2. The van der Waals surface area contributed by atoms with E-state index in [0.29, 0.717) is 21.7 Å². The normalized spacial score (nSPS) is 11.3. The summed E-state index contributed by atoms with van der Waals surface area (Å²) in [5.74, 6) is -1.51. The van der Waals surface area contributed by atoms with Gasteiger partial charge in [0.15, 0.2) is 5.03 Å². The molecule has 0 unspecified atom stereocenters. The summed E-state index contributed by atoms with van der Waals surface area (Å²) in [6.07, 6.45) is 0. The highest BCUT2D eigenvalue weighted by Gasteiger charge is 2.20. The summed E-state index contributed by atoms with van der Waals surface area (Å²) in [6.45, 7) is 0. The SMILES string of the molecule is O=C(O)c1ccc(NS(=O)(=O)c2csc(-c3ccc(F)cc3)n2)cc1-c1ccccc1. The maximum atomic E-state index is 13.1. The van der Waals surface area contributed by atoms with Crippen molar-refractivity contribution < 1.29 is 22.7 Å². The lowest BCUT2D eigenvalue weighted by Crippen LogP contribution is -2.14. The van der Waals surface area contributed by atoms with E-state index in [4.69, 9.17) is 0 Å². The molecule has 4 rings (SSSR count). The van der Waals surface area contributed by atoms with Crippen molar-refractivity contribution in [1.82, 2.24) is 4.98 Å². The third-order valence-corrected chi connectivity index (χ3v) is 6.74. The lowest BCUT2D eigenvalue weighted by Gasteiger charge is -2.11. The van der Waals surface area contributed by atoms with Crippen LogP contribution in [0.3, 0.4) is 0 Å². The van der Waals surface area contributed by atoms with E-state index in [0.717, 1.165) is 11.3 Å². The number of carboxylic acid groups (broad SMARTS) is 1. The lowest BCUT2D eigenvalue weighted by molar-refractivity contribution is 0.0697. The molecule has 1 heterocycles. The Balaban J connectivity index is 1.66. The zero-order valence-electron chi connectivity index (χ0n) is 15.8. The van der Waals surface area contributed by atoms with E-state index in [1.807, 2.05) is 0 Å². The molecule has 4 aromatic rings. The van der Waals surface area contributed by atoms with E-state index in [-0.39, 0.29) is 16.3 Å². The van der Waals surface area contributed by atoms with E-state index in [1.54, 1.807) is 30.3 Å². The standard InChI is InChI=1S/C22H15FN2O4S2/c23-16-8-6-15(7-9-16)21-24-20(13-30-21)31(28,29)25-17-10-11-18(22(26)27)19(12-17)14-4-2-1-3-5-14/h1-13,25H,(H,26,27). The summed E-state index contributed by atoms with van der Waals surface area (Å²) in [5.41, 5.74) is 1.90. The molecule has 9 heteroatoms. The Morgan fingerprint density at radius 2 is 1.68 bits per heavy atom. The second-order valence-electron chi connectivity index (χ2n) is 6.53. The Bertz CT molecular complexity index is 1350. The van der Waals surface area contributed by atoms with E-state index < -0.39 is 21.8 Å². The van der Waals surface area contributed by atoms with Gasteiger partial charge in [-0.3, -0.25) is 4.72 Å². The fourth-order valence-corrected chi connectivity index (χ4v) is 5.12. The number of carbonyl (C=O) groups is 1. The largest absolute Gasteiger partial charge is 0.478 e. The highest BCUT2D eigenvalue weighted by atomic mass is 32.2. The van der Waals surface area contributed by atoms with Gasteiger partial charge < -0.3 is 5.11 Å². The van der Waals surface area contributed by atoms with Crippen molar-refractivity contribution in [3.8, 4) is 21.7 Å². The second-order valence-corrected chi connectivity index (χ2v) is 9.02. The minimum atomic E-state index is -4.01. The van der Waals surface area contributed by atoms with Gasteiger partial charge in [0.25, 0.3) is 10.0 Å². The number of benzene rings is 3. The first-order valence-corrected chi connectivity index (χ1v) is 11.4. The Kier molecular flexibility index (Phi) is 5.53. The first-order valence-electron chi connectivity index (χ1n) is 9.00. The number of anilines is 1. The summed E-state index contributed by atoms with van der Waals surface area (Å²) in [7, 11) is -4.01. The van der Waals surface area contributed by atoms with Crippen molar-refractivity contribution >= 4 is 33.0 Å². The zero-order chi connectivity index (χ0) is 22.0. The van der Waals surface area contributed by atoms with Gasteiger partial charge in [0.05, 0.1) is 5.56 Å². The van der Waals surface area contributed by atoms with Crippen LogP contribution in [0.25, 0.3) is 21.7 Å². The number of rotatable bonds is 6. The molecule has 0 aliphatic rings. The molecule has 2 N–H and O–H groups in total. The van der Waals surface area contributed by atoms with Crippen molar-refractivity contribution in [3.05, 3.63) is 89.6 Å². The van der Waals surface area contributed by atoms with Gasteiger partial charge in [-0.15, -0.1) is 11.3 Å². The van der Waals surface area contributed by atoms with Gasteiger partial charge in [-0.2, -0.15) is 8.42 Å². The van der Waals surface area contributed by atoms with Crippen LogP contribution in [0.5, 0.6) is 0 Å². The number of hydrogen-bond acceptors (Lipinski definition) is 5. The van der Waals surface area contributed by atoms with Crippen LogP contribution in [-0.4, -0.2) is 24.5 Å². The molecule has 0 saturated carbocycles. The molecule has 1 aromatic heterocycles. The van der Waals surface area contributed by atoms with Crippen LogP contribution >= 0.6 is 11.3 Å². The molecule has 0 spiro atoms. The average Bonchev–Trinajstić information content (AvgIpc) is 3.26. The molecule has 0 atom stereocenters. The number of aromatic nitrogens is 1. The molecule has 31 heavy (non-hydrogen) atoms. The topological polar surface area (TPSA) is 96.4 Å². The van der Waals surface area contributed by atoms with Gasteiger partial charge in [0.2, 0.25) is 0 Å². The molecule has 0 amide bonds. The number of hydrogen-bond donors (Lipinski definition) is 2. The third kappa shape index (κ3) is 4.47. The smallest absolute Gasteiger partial charge is 0.336 e. The van der Waals surface area contributed by atoms with Crippen LogP contribution < -0.4 is 4.72 Å². The maximum absolute atomic E-state index is 13.1. The van der Waals surface area contributed by atoms with Crippen LogP contribution in [0.2, 0.25) is 0 Å². The minimum absolute atomic E-state index is 0.0569. The minimum Gasteiger partial charge on any atom is -0.478 e. The second kappa shape index (κ2) is 8.29. The third-order valence-electron chi connectivity index (χ3n) is 4.44. The van der Waals surface area contributed by atoms with Crippen molar-refractivity contribution in [2.45, 2.75) is 5.03 Å². The van der Waals surface area contributed by atoms with E-state index in [2.05, 4.69) is 9.71 Å². The Morgan fingerprint density at radius 1 is 0.968 bits per heavy atom. The number of halogens is 1. The van der Waals surface area contributed by atoms with Gasteiger partial charge >= 0.3 is 5.97 Å². The first-order chi connectivity index (χ1) is 14.8. The highest BCUT2D eigenvalue weighted by molar-refractivity contribution is 7.92. The fraction of sp³-hybridized carbons (Fsp3) is 0. The van der Waals surface area contributed by atoms with Crippen LogP contribution in [-0.2, 0) is 10.0 Å². The number of aromatic carboxylic acids is 1. The molecular formula is C22H15FN2O4S2. The molecule has 0 bridgehead atoms. The Morgan fingerprint density at radius 3 is 2.35 bits per heavy atom. The molecule has 6 nitrogen and oxygen atoms in total. The number of sulfonamides is 1. The van der Waals surface area contributed by atoms with Crippen molar-refractivity contribution in [1.29, 1.82) is 0 Å². The van der Waals surface area contributed by atoms with Gasteiger partial charge in [-0.25, -0.2) is 14.2 Å². The monoisotopic (exact) mass is 454 g/mol. The predicted molar refractivity (Wildman–Crippen MR) is 117 cm³/mol. The summed E-state index contributed by atoms with van der Waals surface area (Å²) >= 11 is 1.12. The lowest BCUT2D eigenvalue weighted by atomic mass is 9.99. The average molecular weight is 455 g/mol. The van der Waals surface area contributed by atoms with Crippen LogP contribution in [0, 0.1) is 5.82 Å². The Hall–Kier alpha value is -3.56. The van der Waals surface area contributed by atoms with Crippen LogP contribution in [0.1, 0.15) is 10.4 Å². The maximum Gasteiger partial charge on any atom is 0.336 e. The molecule has 0 saturated heterocycles. The molecule has 0 aliphatic carbocycles. The molecule has 156 valence electrons. The molecular weight excluding hydrogens is 439 g/mol. The van der Waals surface area contributed by atoms with Gasteiger partial charge in [-0.1, -0.05) is 30.3 Å². The molecule has 0 radical (unpaired) electrons. The van der Waals surface area contributed by atoms with Gasteiger partial charge in [-0.05, 0) is 53.6 Å². The molecule has 3 aromatic carbocycles. The highest BCUT2D eigenvalue weighted by Crippen LogP contribution is 2.30. The van der Waals surface area contributed by atoms with Gasteiger partial charge in [0, 0.05) is 16.6 Å². The summed E-state index contributed by atoms with van der Waals surface area (Å²) in [6, 6.07) is 18.6. The van der Waals surface area contributed by atoms with Crippen LogP contribution in [0.4, 0.5) is 10.1 Å². The fourth-order valence-electron chi connectivity index (χ4n) is 2.97. The van der Waals surface area contributed by atoms with Gasteiger partial charge in [0.1, 0.15) is 10.8 Å².